The van der Waals surface area contributed by atoms with Crippen LogP contribution in [-0.2, 0) is 4.79 Å². The van der Waals surface area contributed by atoms with Crippen molar-refractivity contribution in [1.29, 1.82) is 0 Å². The van der Waals surface area contributed by atoms with E-state index in [2.05, 4.69) is 33.0 Å². The van der Waals surface area contributed by atoms with Crippen molar-refractivity contribution in [1.82, 2.24) is 10.2 Å². The van der Waals surface area contributed by atoms with Gasteiger partial charge in [0.2, 0.25) is 5.91 Å². The van der Waals surface area contributed by atoms with Gasteiger partial charge in [-0.1, -0.05) is 40.0 Å². The van der Waals surface area contributed by atoms with Crippen LogP contribution in [0.1, 0.15) is 59.8 Å². The lowest BCUT2D eigenvalue weighted by atomic mass is 10.0. The van der Waals surface area contributed by atoms with Crippen LogP contribution in [0, 0.1) is 5.92 Å². The molecule has 1 N–H and O–H groups in total. The van der Waals surface area contributed by atoms with E-state index in [4.69, 9.17) is 0 Å². The molecule has 1 aliphatic rings. The molecule has 2 atom stereocenters. The van der Waals surface area contributed by atoms with E-state index in [1.807, 2.05) is 4.90 Å². The molecule has 1 aliphatic heterocycles. The molecule has 0 aliphatic carbocycles. The van der Waals surface area contributed by atoms with E-state index < -0.39 is 0 Å². The van der Waals surface area contributed by atoms with Gasteiger partial charge in [-0.2, -0.15) is 0 Å². The molecule has 100 valence electrons. The van der Waals surface area contributed by atoms with E-state index in [0.29, 0.717) is 11.9 Å². The summed E-state index contributed by atoms with van der Waals surface area (Å²) in [7, 11) is 0. The van der Waals surface area contributed by atoms with E-state index in [9.17, 15) is 4.79 Å². The normalized spacial score (nSPS) is 22.5. The van der Waals surface area contributed by atoms with Crippen LogP contribution >= 0.6 is 0 Å². The fourth-order valence-electron chi connectivity index (χ4n) is 2.44. The largest absolute Gasteiger partial charge is 0.326 e. The predicted molar refractivity (Wildman–Crippen MR) is 71.7 cm³/mol. The molecule has 0 radical (unpaired) electrons. The van der Waals surface area contributed by atoms with Crippen LogP contribution in [0.15, 0.2) is 0 Å². The topological polar surface area (TPSA) is 32.3 Å². The average Bonchev–Trinajstić information content (AvgIpc) is 2.60. The maximum Gasteiger partial charge on any atom is 0.241 e. The van der Waals surface area contributed by atoms with Crippen LogP contribution in [0.4, 0.5) is 0 Å². The molecular formula is C14H28N2O. The first kappa shape index (κ1) is 14.5. The molecule has 3 heteroatoms. The lowest BCUT2D eigenvalue weighted by Crippen LogP contribution is -2.36. The van der Waals surface area contributed by atoms with E-state index in [0.717, 1.165) is 31.8 Å². The lowest BCUT2D eigenvalue weighted by Gasteiger charge is -2.24. The Morgan fingerprint density at radius 3 is 2.65 bits per heavy atom. The molecule has 0 bridgehead atoms. The van der Waals surface area contributed by atoms with Gasteiger partial charge in [0, 0.05) is 6.04 Å². The minimum atomic E-state index is 0.0764. The van der Waals surface area contributed by atoms with Gasteiger partial charge in [-0.3, -0.25) is 10.1 Å². The minimum absolute atomic E-state index is 0.0764. The van der Waals surface area contributed by atoms with Crippen molar-refractivity contribution in [2.45, 2.75) is 71.9 Å². The highest BCUT2D eigenvalue weighted by Crippen LogP contribution is 2.17. The molecule has 0 aromatic carbocycles. The molecule has 0 saturated carbocycles. The standard InChI is InChI=1S/C14H28N2O/c1-5-7-13-14(17)16(10-15-13)12(4)9-6-8-11(2)3/h11-13,15H,5-10H2,1-4H3. The van der Waals surface area contributed by atoms with Crippen LogP contribution in [0.2, 0.25) is 0 Å². The number of nitrogens with one attached hydrogen (secondary N) is 1. The summed E-state index contributed by atoms with van der Waals surface area (Å²) >= 11 is 0. The zero-order valence-corrected chi connectivity index (χ0v) is 11.8. The highest BCUT2D eigenvalue weighted by molar-refractivity contribution is 5.83. The van der Waals surface area contributed by atoms with Crippen molar-refractivity contribution in [2.24, 2.45) is 5.92 Å². The smallest absolute Gasteiger partial charge is 0.241 e. The Morgan fingerprint density at radius 1 is 1.35 bits per heavy atom. The molecule has 0 aromatic rings. The number of amides is 1. The Bertz CT molecular complexity index is 240. The monoisotopic (exact) mass is 240 g/mol. The second-order valence-corrected chi connectivity index (χ2v) is 5.69. The summed E-state index contributed by atoms with van der Waals surface area (Å²) in [6.45, 7) is 9.55. The summed E-state index contributed by atoms with van der Waals surface area (Å²) < 4.78 is 0. The van der Waals surface area contributed by atoms with Gasteiger partial charge in [0.1, 0.15) is 0 Å². The summed E-state index contributed by atoms with van der Waals surface area (Å²) in [6, 6.07) is 0.461. The molecule has 1 rings (SSSR count). The SMILES string of the molecule is CCCC1NCN(C(C)CCCC(C)C)C1=O. The molecule has 0 spiro atoms. The highest BCUT2D eigenvalue weighted by atomic mass is 16.2. The minimum Gasteiger partial charge on any atom is -0.326 e. The van der Waals surface area contributed by atoms with Crippen molar-refractivity contribution in [3.63, 3.8) is 0 Å². The zero-order chi connectivity index (χ0) is 12.8. The van der Waals surface area contributed by atoms with Gasteiger partial charge < -0.3 is 4.90 Å². The third-order valence-corrected chi connectivity index (χ3v) is 3.60. The molecule has 1 saturated heterocycles. The van der Waals surface area contributed by atoms with Crippen molar-refractivity contribution in [2.75, 3.05) is 6.67 Å². The molecule has 0 aromatic heterocycles. The molecule has 2 unspecified atom stereocenters. The fraction of sp³-hybridized carbons (Fsp3) is 0.929. The molecular weight excluding hydrogens is 212 g/mol. The van der Waals surface area contributed by atoms with E-state index in [-0.39, 0.29) is 6.04 Å². The van der Waals surface area contributed by atoms with Gasteiger partial charge in [-0.25, -0.2) is 0 Å². The van der Waals surface area contributed by atoms with Crippen molar-refractivity contribution >= 4 is 5.91 Å². The highest BCUT2D eigenvalue weighted by Gasteiger charge is 2.32. The second-order valence-electron chi connectivity index (χ2n) is 5.69. The summed E-state index contributed by atoms with van der Waals surface area (Å²) in [4.78, 5) is 14.1. The van der Waals surface area contributed by atoms with Gasteiger partial charge in [0.15, 0.2) is 0 Å². The van der Waals surface area contributed by atoms with Crippen LogP contribution in [0.5, 0.6) is 0 Å². The summed E-state index contributed by atoms with van der Waals surface area (Å²) in [6.07, 6.45) is 5.65. The number of hydrogen-bond acceptors (Lipinski definition) is 2. The first-order valence-electron chi connectivity index (χ1n) is 7.10. The lowest BCUT2D eigenvalue weighted by molar-refractivity contribution is -0.130. The van der Waals surface area contributed by atoms with E-state index in [1.165, 1.54) is 12.8 Å². The Labute approximate surface area is 106 Å². The number of nitrogens with zero attached hydrogens (tertiary/aromatic N) is 1. The van der Waals surface area contributed by atoms with Gasteiger partial charge in [0.25, 0.3) is 0 Å². The van der Waals surface area contributed by atoms with Crippen LogP contribution in [0.25, 0.3) is 0 Å². The Hall–Kier alpha value is -0.570. The number of carbonyl (C=O) groups is 1. The van der Waals surface area contributed by atoms with Gasteiger partial charge >= 0.3 is 0 Å². The van der Waals surface area contributed by atoms with Gasteiger partial charge in [0.05, 0.1) is 12.7 Å². The number of carbonyl (C=O) groups excluding carboxylic acids is 1. The average molecular weight is 240 g/mol. The Morgan fingerprint density at radius 2 is 2.06 bits per heavy atom. The van der Waals surface area contributed by atoms with E-state index >= 15 is 0 Å². The van der Waals surface area contributed by atoms with Crippen LogP contribution < -0.4 is 5.32 Å². The van der Waals surface area contributed by atoms with Gasteiger partial charge in [-0.05, 0) is 25.7 Å². The molecule has 17 heavy (non-hydrogen) atoms. The van der Waals surface area contributed by atoms with Crippen LogP contribution in [0.3, 0.4) is 0 Å². The second kappa shape index (κ2) is 7.00. The summed E-state index contributed by atoms with van der Waals surface area (Å²) in [5.74, 6) is 1.08. The maximum atomic E-state index is 12.1. The maximum absolute atomic E-state index is 12.1. The number of rotatable bonds is 7. The predicted octanol–water partition coefficient (Wildman–Crippen LogP) is 2.76. The Balaban J connectivity index is 2.32. The van der Waals surface area contributed by atoms with Crippen LogP contribution in [-0.4, -0.2) is 29.6 Å². The summed E-state index contributed by atoms with van der Waals surface area (Å²) in [5.41, 5.74) is 0. The zero-order valence-electron chi connectivity index (χ0n) is 11.8. The molecule has 1 heterocycles. The Kier molecular flexibility index (Phi) is 5.96. The first-order valence-corrected chi connectivity index (χ1v) is 7.10. The molecule has 3 nitrogen and oxygen atoms in total. The quantitative estimate of drug-likeness (QED) is 0.742. The van der Waals surface area contributed by atoms with Crippen molar-refractivity contribution in [3.05, 3.63) is 0 Å². The van der Waals surface area contributed by atoms with Crippen molar-refractivity contribution < 1.29 is 4.79 Å². The van der Waals surface area contributed by atoms with Crippen molar-refractivity contribution in [3.8, 4) is 0 Å². The molecule has 1 amide bonds. The van der Waals surface area contributed by atoms with Gasteiger partial charge in [-0.15, -0.1) is 0 Å². The summed E-state index contributed by atoms with van der Waals surface area (Å²) in [5, 5.41) is 3.31. The molecule has 1 fully saturated rings. The first-order chi connectivity index (χ1) is 8.06. The van der Waals surface area contributed by atoms with E-state index in [1.54, 1.807) is 0 Å². The fourth-order valence-corrected chi connectivity index (χ4v) is 2.44. The number of hydrogen-bond donors (Lipinski definition) is 1. The third-order valence-electron chi connectivity index (χ3n) is 3.60. The third kappa shape index (κ3) is 4.30.